The Kier molecular flexibility index (Phi) is 3.06. The van der Waals surface area contributed by atoms with Crippen molar-refractivity contribution in [1.29, 1.82) is 0 Å². The van der Waals surface area contributed by atoms with Gasteiger partial charge in [0.25, 0.3) is 0 Å². The van der Waals surface area contributed by atoms with Crippen LogP contribution in [0.25, 0.3) is 44.1 Å². The van der Waals surface area contributed by atoms with Crippen molar-refractivity contribution in [2.75, 3.05) is 7.11 Å². The van der Waals surface area contributed by atoms with E-state index in [1.54, 1.807) is 7.11 Å². The lowest BCUT2D eigenvalue weighted by atomic mass is 10.0. The maximum absolute atomic E-state index is 6.55. The van der Waals surface area contributed by atoms with Crippen LogP contribution in [0.15, 0.2) is 65.1 Å². The van der Waals surface area contributed by atoms with Gasteiger partial charge in [0.05, 0.1) is 23.0 Å². The Morgan fingerprint density at radius 2 is 1.76 bits per heavy atom. The average molecular weight is 348 g/mol. The van der Waals surface area contributed by atoms with Crippen molar-refractivity contribution in [1.82, 2.24) is 4.98 Å². The average Bonchev–Trinajstić information content (AvgIpc) is 3.18. The van der Waals surface area contributed by atoms with Crippen molar-refractivity contribution >= 4 is 44.6 Å². The number of rotatable bonds is 2. The molecule has 0 aliphatic carbocycles. The van der Waals surface area contributed by atoms with Crippen molar-refractivity contribution in [2.24, 2.45) is 0 Å². The first-order valence-electron chi connectivity index (χ1n) is 8.01. The Morgan fingerprint density at radius 1 is 0.920 bits per heavy atom. The number of nitrogens with one attached hydrogen (secondary N) is 1. The summed E-state index contributed by atoms with van der Waals surface area (Å²) in [6.07, 6.45) is 0. The highest BCUT2D eigenvalue weighted by Gasteiger charge is 2.16. The van der Waals surface area contributed by atoms with Crippen molar-refractivity contribution in [3.05, 3.63) is 65.7 Å². The molecule has 0 amide bonds. The molecule has 0 saturated heterocycles. The summed E-state index contributed by atoms with van der Waals surface area (Å²) in [5.41, 5.74) is 4.64. The molecular weight excluding hydrogens is 334 g/mol. The van der Waals surface area contributed by atoms with Gasteiger partial charge >= 0.3 is 0 Å². The zero-order valence-corrected chi connectivity index (χ0v) is 14.2. The molecule has 3 aromatic carbocycles. The zero-order chi connectivity index (χ0) is 17.0. The van der Waals surface area contributed by atoms with Gasteiger partial charge in [-0.2, -0.15) is 0 Å². The van der Waals surface area contributed by atoms with Crippen LogP contribution in [0.5, 0.6) is 5.75 Å². The van der Waals surface area contributed by atoms with Crippen LogP contribution in [0, 0.1) is 0 Å². The molecule has 2 aromatic heterocycles. The van der Waals surface area contributed by atoms with E-state index in [2.05, 4.69) is 23.2 Å². The second kappa shape index (κ2) is 5.30. The number of benzene rings is 3. The minimum absolute atomic E-state index is 0.685. The molecular formula is C21H14ClNO2. The molecule has 122 valence electrons. The fourth-order valence-corrected chi connectivity index (χ4v) is 3.67. The van der Waals surface area contributed by atoms with Gasteiger partial charge in [-0.3, -0.25) is 0 Å². The molecule has 4 heteroatoms. The zero-order valence-electron chi connectivity index (χ0n) is 13.5. The summed E-state index contributed by atoms with van der Waals surface area (Å²) >= 11 is 6.55. The second-order valence-electron chi connectivity index (χ2n) is 6.04. The van der Waals surface area contributed by atoms with Crippen LogP contribution in [0.2, 0.25) is 5.02 Å². The number of halogens is 1. The van der Waals surface area contributed by atoms with E-state index in [0.29, 0.717) is 5.02 Å². The third-order valence-electron chi connectivity index (χ3n) is 4.60. The van der Waals surface area contributed by atoms with E-state index in [-0.39, 0.29) is 0 Å². The molecule has 0 aliphatic rings. The van der Waals surface area contributed by atoms with Gasteiger partial charge in [-0.25, -0.2) is 0 Å². The number of H-pyrrole nitrogens is 1. The Labute approximate surface area is 148 Å². The molecule has 2 heterocycles. The molecule has 0 saturated carbocycles. The number of hydrogen-bond donors (Lipinski definition) is 1. The number of ether oxygens (including phenoxy) is 1. The first-order chi connectivity index (χ1) is 12.2. The lowest BCUT2D eigenvalue weighted by Gasteiger charge is -2.04. The predicted molar refractivity (Wildman–Crippen MR) is 103 cm³/mol. The summed E-state index contributed by atoms with van der Waals surface area (Å²) in [5, 5.41) is 3.84. The predicted octanol–water partition coefficient (Wildman–Crippen LogP) is 6.40. The third-order valence-corrected chi connectivity index (χ3v) is 4.90. The second-order valence-corrected chi connectivity index (χ2v) is 6.45. The van der Waals surface area contributed by atoms with Crippen molar-refractivity contribution < 1.29 is 9.15 Å². The van der Waals surface area contributed by atoms with Gasteiger partial charge in [0.1, 0.15) is 11.3 Å². The molecule has 0 aliphatic heterocycles. The van der Waals surface area contributed by atoms with Gasteiger partial charge in [-0.1, -0.05) is 41.9 Å². The lowest BCUT2D eigenvalue weighted by molar-refractivity contribution is 0.414. The number of furan rings is 1. The van der Waals surface area contributed by atoms with Gasteiger partial charge in [0.2, 0.25) is 5.71 Å². The molecule has 0 spiro atoms. The highest BCUT2D eigenvalue weighted by molar-refractivity contribution is 6.37. The Morgan fingerprint density at radius 3 is 2.56 bits per heavy atom. The summed E-state index contributed by atoms with van der Waals surface area (Å²) in [5.74, 6) is 0.774. The normalized spacial score (nSPS) is 11.6. The van der Waals surface area contributed by atoms with E-state index in [4.69, 9.17) is 20.8 Å². The molecule has 0 fully saturated rings. The standard InChI is InChI=1S/C21H14ClNO2/c1-24-14-7-8-15-18(11-14)25-21-19(15)16-9-13(10-17(22)20(16)23-21)12-5-3-2-4-6-12/h2-11,23H,1H3. The SMILES string of the molecule is COc1ccc2c(c1)oc1[nH]c3c(Cl)cc(-c4ccccc4)cc3c12. The van der Waals surface area contributed by atoms with Gasteiger partial charge < -0.3 is 14.1 Å². The Balaban J connectivity index is 1.86. The topological polar surface area (TPSA) is 38.2 Å². The van der Waals surface area contributed by atoms with Crippen LogP contribution < -0.4 is 4.74 Å². The van der Waals surface area contributed by atoms with E-state index in [0.717, 1.165) is 49.8 Å². The summed E-state index contributed by atoms with van der Waals surface area (Å²) < 4.78 is 11.3. The number of aromatic amines is 1. The number of fused-ring (bicyclic) bond motifs is 5. The van der Waals surface area contributed by atoms with Gasteiger partial charge in [-0.15, -0.1) is 0 Å². The smallest absolute Gasteiger partial charge is 0.206 e. The van der Waals surface area contributed by atoms with Crippen molar-refractivity contribution in [2.45, 2.75) is 0 Å². The molecule has 0 bridgehead atoms. The van der Waals surface area contributed by atoms with E-state index < -0.39 is 0 Å². The van der Waals surface area contributed by atoms with E-state index in [1.807, 2.05) is 42.5 Å². The summed E-state index contributed by atoms with van der Waals surface area (Å²) in [6.45, 7) is 0. The molecule has 5 rings (SSSR count). The highest BCUT2D eigenvalue weighted by atomic mass is 35.5. The highest BCUT2D eigenvalue weighted by Crippen LogP contribution is 2.40. The molecule has 3 nitrogen and oxygen atoms in total. The van der Waals surface area contributed by atoms with Crippen LogP contribution in [-0.4, -0.2) is 12.1 Å². The van der Waals surface area contributed by atoms with Gasteiger partial charge in [0, 0.05) is 16.8 Å². The van der Waals surface area contributed by atoms with E-state index >= 15 is 0 Å². The lowest BCUT2D eigenvalue weighted by Crippen LogP contribution is -1.81. The monoisotopic (exact) mass is 347 g/mol. The maximum Gasteiger partial charge on any atom is 0.206 e. The fraction of sp³-hybridized carbons (Fsp3) is 0.0476. The van der Waals surface area contributed by atoms with Gasteiger partial charge in [-0.05, 0) is 35.4 Å². The number of aromatic nitrogens is 1. The van der Waals surface area contributed by atoms with Crippen molar-refractivity contribution in [3.8, 4) is 16.9 Å². The molecule has 0 atom stereocenters. The summed E-state index contributed by atoms with van der Waals surface area (Å²) in [6, 6.07) is 20.2. The first kappa shape index (κ1) is 14.4. The Hall–Kier alpha value is -2.91. The molecule has 0 radical (unpaired) electrons. The molecule has 25 heavy (non-hydrogen) atoms. The molecule has 0 unspecified atom stereocenters. The summed E-state index contributed by atoms with van der Waals surface area (Å²) in [7, 11) is 1.65. The number of methoxy groups -OCH3 is 1. The van der Waals surface area contributed by atoms with Crippen LogP contribution >= 0.6 is 11.6 Å². The first-order valence-corrected chi connectivity index (χ1v) is 8.39. The fourth-order valence-electron chi connectivity index (χ4n) is 3.40. The van der Waals surface area contributed by atoms with Crippen LogP contribution in [-0.2, 0) is 0 Å². The third kappa shape index (κ3) is 2.13. The molecule has 5 aromatic rings. The van der Waals surface area contributed by atoms with E-state index in [1.165, 1.54) is 0 Å². The number of hydrogen-bond acceptors (Lipinski definition) is 2. The minimum Gasteiger partial charge on any atom is -0.497 e. The molecule has 1 N–H and O–H groups in total. The van der Waals surface area contributed by atoms with Gasteiger partial charge in [0.15, 0.2) is 0 Å². The minimum atomic E-state index is 0.685. The van der Waals surface area contributed by atoms with Crippen LogP contribution in [0.4, 0.5) is 0 Å². The van der Waals surface area contributed by atoms with Crippen LogP contribution in [0.1, 0.15) is 0 Å². The Bertz CT molecular complexity index is 1230. The summed E-state index contributed by atoms with van der Waals surface area (Å²) in [4.78, 5) is 3.31. The maximum atomic E-state index is 6.55. The largest absolute Gasteiger partial charge is 0.497 e. The quantitative estimate of drug-likeness (QED) is 0.401. The van der Waals surface area contributed by atoms with E-state index in [9.17, 15) is 0 Å². The van der Waals surface area contributed by atoms with Crippen molar-refractivity contribution in [3.63, 3.8) is 0 Å². The van der Waals surface area contributed by atoms with Crippen LogP contribution in [0.3, 0.4) is 0 Å².